The van der Waals surface area contributed by atoms with Crippen LogP contribution in [0, 0.1) is 0 Å². The number of rotatable bonds is 5. The van der Waals surface area contributed by atoms with Crippen LogP contribution in [-0.4, -0.2) is 43.5 Å². The molecule has 2 rings (SSSR count). The minimum Gasteiger partial charge on any atom is -0.374 e. The Morgan fingerprint density at radius 2 is 2.00 bits per heavy atom. The normalized spacial score (nSPS) is 22.0. The highest BCUT2D eigenvalue weighted by molar-refractivity contribution is 5.82. The summed E-state index contributed by atoms with van der Waals surface area (Å²) in [6.45, 7) is 3.35. The SMILES string of the molecule is CN(CCCNC1=NCCCC1)C1CCCCC1. The molecule has 2 aliphatic rings. The molecule has 0 spiro atoms. The maximum Gasteiger partial charge on any atom is 0.0963 e. The number of aliphatic imine (C=N–C) groups is 1. The molecule has 104 valence electrons. The molecule has 0 aromatic heterocycles. The van der Waals surface area contributed by atoms with Crippen molar-refractivity contribution in [3.05, 3.63) is 0 Å². The number of nitrogens with zero attached hydrogens (tertiary/aromatic N) is 2. The van der Waals surface area contributed by atoms with Crippen molar-refractivity contribution in [2.24, 2.45) is 4.99 Å². The number of nitrogens with one attached hydrogen (secondary N) is 1. The fourth-order valence-corrected chi connectivity index (χ4v) is 3.11. The van der Waals surface area contributed by atoms with Gasteiger partial charge in [0.2, 0.25) is 0 Å². The van der Waals surface area contributed by atoms with E-state index in [0.29, 0.717) is 0 Å². The molecule has 3 nitrogen and oxygen atoms in total. The molecule has 1 aliphatic carbocycles. The van der Waals surface area contributed by atoms with Gasteiger partial charge in [0.15, 0.2) is 0 Å². The highest BCUT2D eigenvalue weighted by Crippen LogP contribution is 2.21. The quantitative estimate of drug-likeness (QED) is 0.761. The van der Waals surface area contributed by atoms with Gasteiger partial charge in [-0.1, -0.05) is 19.3 Å². The van der Waals surface area contributed by atoms with Crippen LogP contribution in [0.3, 0.4) is 0 Å². The molecular formula is C15H29N3. The monoisotopic (exact) mass is 251 g/mol. The van der Waals surface area contributed by atoms with E-state index in [1.807, 2.05) is 0 Å². The molecule has 3 heteroatoms. The van der Waals surface area contributed by atoms with E-state index < -0.39 is 0 Å². The van der Waals surface area contributed by atoms with Crippen LogP contribution in [-0.2, 0) is 0 Å². The predicted molar refractivity (Wildman–Crippen MR) is 78.3 cm³/mol. The fraction of sp³-hybridized carbons (Fsp3) is 0.933. The first-order chi connectivity index (χ1) is 8.86. The highest BCUT2D eigenvalue weighted by Gasteiger charge is 2.17. The third kappa shape index (κ3) is 4.60. The summed E-state index contributed by atoms with van der Waals surface area (Å²) in [5.74, 6) is 1.25. The molecule has 0 atom stereocenters. The van der Waals surface area contributed by atoms with Crippen molar-refractivity contribution < 1.29 is 0 Å². The van der Waals surface area contributed by atoms with Gasteiger partial charge >= 0.3 is 0 Å². The maximum atomic E-state index is 4.53. The van der Waals surface area contributed by atoms with Gasteiger partial charge in [0.05, 0.1) is 5.84 Å². The van der Waals surface area contributed by atoms with E-state index >= 15 is 0 Å². The van der Waals surface area contributed by atoms with Gasteiger partial charge in [-0.15, -0.1) is 0 Å². The zero-order valence-electron chi connectivity index (χ0n) is 12.0. The van der Waals surface area contributed by atoms with E-state index in [0.717, 1.165) is 19.1 Å². The van der Waals surface area contributed by atoms with Gasteiger partial charge in [-0.2, -0.15) is 0 Å². The van der Waals surface area contributed by atoms with Crippen molar-refractivity contribution in [3.8, 4) is 0 Å². The van der Waals surface area contributed by atoms with Gasteiger partial charge in [0.1, 0.15) is 0 Å². The second kappa shape index (κ2) is 7.78. The van der Waals surface area contributed by atoms with Crippen LogP contribution in [0.5, 0.6) is 0 Å². The van der Waals surface area contributed by atoms with Crippen LogP contribution in [0.4, 0.5) is 0 Å². The van der Waals surface area contributed by atoms with Crippen molar-refractivity contribution >= 4 is 5.84 Å². The van der Waals surface area contributed by atoms with Crippen molar-refractivity contribution in [2.75, 3.05) is 26.7 Å². The zero-order chi connectivity index (χ0) is 12.6. The van der Waals surface area contributed by atoms with Gasteiger partial charge in [0, 0.05) is 25.6 Å². The Bertz CT molecular complexity index is 256. The molecule has 1 saturated carbocycles. The molecule has 0 saturated heterocycles. The number of hydrogen-bond acceptors (Lipinski definition) is 3. The summed E-state index contributed by atoms with van der Waals surface area (Å²) in [7, 11) is 2.30. The Hall–Kier alpha value is -0.570. The minimum atomic E-state index is 0.853. The summed E-state index contributed by atoms with van der Waals surface area (Å²) < 4.78 is 0. The Labute approximate surface area is 112 Å². The molecule has 0 unspecified atom stereocenters. The zero-order valence-corrected chi connectivity index (χ0v) is 12.0. The van der Waals surface area contributed by atoms with E-state index in [9.17, 15) is 0 Å². The summed E-state index contributed by atoms with van der Waals surface area (Å²) >= 11 is 0. The van der Waals surface area contributed by atoms with Crippen LogP contribution in [0.25, 0.3) is 0 Å². The molecule has 0 amide bonds. The Morgan fingerprint density at radius 1 is 1.17 bits per heavy atom. The highest BCUT2D eigenvalue weighted by atomic mass is 15.1. The summed E-state index contributed by atoms with van der Waals surface area (Å²) in [6, 6.07) is 0.853. The molecular weight excluding hydrogens is 222 g/mol. The summed E-state index contributed by atoms with van der Waals surface area (Å²) in [5, 5.41) is 3.50. The molecule has 1 aliphatic heterocycles. The number of hydrogen-bond donors (Lipinski definition) is 1. The van der Waals surface area contributed by atoms with Gasteiger partial charge in [-0.25, -0.2) is 0 Å². The van der Waals surface area contributed by atoms with Crippen molar-refractivity contribution in [2.45, 2.75) is 63.8 Å². The smallest absolute Gasteiger partial charge is 0.0963 e. The molecule has 0 aromatic rings. The lowest BCUT2D eigenvalue weighted by Gasteiger charge is -2.31. The minimum absolute atomic E-state index is 0.853. The summed E-state index contributed by atoms with van der Waals surface area (Å²) in [6.07, 6.45) is 12.1. The lowest BCUT2D eigenvalue weighted by Crippen LogP contribution is -2.36. The van der Waals surface area contributed by atoms with Crippen LogP contribution >= 0.6 is 0 Å². The predicted octanol–water partition coefficient (Wildman–Crippen LogP) is 2.81. The summed E-state index contributed by atoms with van der Waals surface area (Å²) in [4.78, 5) is 7.10. The standard InChI is InChI=1S/C15H29N3/c1-18(14-8-3-2-4-9-14)13-7-12-17-15-10-5-6-11-16-15/h14H,2-13H2,1H3,(H,16,17). The molecule has 1 fully saturated rings. The third-order valence-electron chi connectivity index (χ3n) is 4.34. The van der Waals surface area contributed by atoms with Crippen molar-refractivity contribution in [3.63, 3.8) is 0 Å². The van der Waals surface area contributed by atoms with Crippen LogP contribution in [0.1, 0.15) is 57.8 Å². The average molecular weight is 251 g/mol. The second-order valence-corrected chi connectivity index (χ2v) is 5.84. The van der Waals surface area contributed by atoms with E-state index in [2.05, 4.69) is 22.3 Å². The average Bonchev–Trinajstić information content (AvgIpc) is 2.45. The van der Waals surface area contributed by atoms with Gasteiger partial charge < -0.3 is 10.2 Å². The Kier molecular flexibility index (Phi) is 5.98. The first kappa shape index (κ1) is 13.9. The van der Waals surface area contributed by atoms with E-state index in [1.165, 1.54) is 70.2 Å². The Morgan fingerprint density at radius 3 is 2.72 bits per heavy atom. The molecule has 0 aromatic carbocycles. The second-order valence-electron chi connectivity index (χ2n) is 5.84. The largest absolute Gasteiger partial charge is 0.374 e. The molecule has 0 bridgehead atoms. The maximum absolute atomic E-state index is 4.53. The van der Waals surface area contributed by atoms with Crippen molar-refractivity contribution in [1.82, 2.24) is 10.2 Å². The lowest BCUT2D eigenvalue weighted by molar-refractivity contribution is 0.190. The van der Waals surface area contributed by atoms with Gasteiger partial charge in [-0.3, -0.25) is 4.99 Å². The van der Waals surface area contributed by atoms with Gasteiger partial charge in [-0.05, 0) is 45.7 Å². The lowest BCUT2D eigenvalue weighted by atomic mass is 9.94. The topological polar surface area (TPSA) is 27.6 Å². The van der Waals surface area contributed by atoms with Crippen LogP contribution < -0.4 is 5.32 Å². The summed E-state index contributed by atoms with van der Waals surface area (Å²) in [5.41, 5.74) is 0. The fourth-order valence-electron chi connectivity index (χ4n) is 3.11. The number of amidine groups is 1. The van der Waals surface area contributed by atoms with E-state index in [-0.39, 0.29) is 0 Å². The Balaban J connectivity index is 1.55. The first-order valence-electron chi connectivity index (χ1n) is 7.84. The van der Waals surface area contributed by atoms with E-state index in [1.54, 1.807) is 0 Å². The van der Waals surface area contributed by atoms with Gasteiger partial charge in [0.25, 0.3) is 0 Å². The first-order valence-corrected chi connectivity index (χ1v) is 7.84. The van der Waals surface area contributed by atoms with Crippen LogP contribution in [0.15, 0.2) is 4.99 Å². The molecule has 0 radical (unpaired) electrons. The molecule has 1 heterocycles. The van der Waals surface area contributed by atoms with Crippen molar-refractivity contribution in [1.29, 1.82) is 0 Å². The molecule has 18 heavy (non-hydrogen) atoms. The molecule has 1 N–H and O–H groups in total. The van der Waals surface area contributed by atoms with E-state index in [4.69, 9.17) is 0 Å². The third-order valence-corrected chi connectivity index (χ3v) is 4.34. The van der Waals surface area contributed by atoms with Crippen LogP contribution in [0.2, 0.25) is 0 Å².